The van der Waals surface area contributed by atoms with Gasteiger partial charge in [-0.25, -0.2) is 8.78 Å². The van der Waals surface area contributed by atoms with Crippen LogP contribution < -0.4 is 10.6 Å². The Bertz CT molecular complexity index is 1210. The molecule has 0 amide bonds. The number of hydrogen-bond acceptors (Lipinski definition) is 2. The molecule has 0 saturated heterocycles. The first-order valence-electron chi connectivity index (χ1n) is 14.9. The summed E-state index contributed by atoms with van der Waals surface area (Å²) in [5, 5.41) is 7.34. The molecule has 8 rings (SSSR count). The van der Waals surface area contributed by atoms with E-state index in [0.29, 0.717) is 12.1 Å². The fourth-order valence-electron chi connectivity index (χ4n) is 9.36. The van der Waals surface area contributed by atoms with Gasteiger partial charge in [-0.3, -0.25) is 0 Å². The van der Waals surface area contributed by atoms with Gasteiger partial charge in [0.2, 0.25) is 0 Å². The van der Waals surface area contributed by atoms with Crippen molar-refractivity contribution >= 4 is 0 Å². The molecule has 200 valence electrons. The van der Waals surface area contributed by atoms with Crippen molar-refractivity contribution in [1.29, 1.82) is 0 Å². The summed E-state index contributed by atoms with van der Waals surface area (Å²) in [4.78, 5) is 0. The summed E-state index contributed by atoms with van der Waals surface area (Å²) in [5.41, 5.74) is 2.12. The predicted octanol–water partition coefficient (Wildman–Crippen LogP) is 7.03. The standard InChI is InChI=1S/2C17H20FN/c2*18-13-4-1-3-11(7-13)10-19-17-9-12-8-16(17)15-6-2-5-14(12)15/h1-4,6-7,12,14-17,19H,5,8-10H2;1-5,7,12,14-17,19H,6,8-10H2/t2*12?,14-,15-,16?,17-/m11/s1. The Morgan fingerprint density at radius 3 is 1.87 bits per heavy atom. The van der Waals surface area contributed by atoms with E-state index in [9.17, 15) is 8.78 Å². The number of hydrogen-bond donors (Lipinski definition) is 2. The van der Waals surface area contributed by atoms with Crippen molar-refractivity contribution in [2.75, 3.05) is 0 Å². The van der Waals surface area contributed by atoms with Gasteiger partial charge in [0.15, 0.2) is 0 Å². The van der Waals surface area contributed by atoms with Crippen LogP contribution >= 0.6 is 0 Å². The summed E-state index contributed by atoms with van der Waals surface area (Å²) < 4.78 is 26.3. The van der Waals surface area contributed by atoms with Crippen LogP contribution in [0.25, 0.3) is 0 Å². The molecule has 2 N–H and O–H groups in total. The van der Waals surface area contributed by atoms with Gasteiger partial charge in [-0.2, -0.15) is 0 Å². The van der Waals surface area contributed by atoms with Gasteiger partial charge in [0.1, 0.15) is 11.6 Å². The van der Waals surface area contributed by atoms with Gasteiger partial charge in [0.05, 0.1) is 0 Å². The molecule has 6 aliphatic carbocycles. The monoisotopic (exact) mass is 514 g/mol. The van der Waals surface area contributed by atoms with Crippen LogP contribution in [-0.4, -0.2) is 12.1 Å². The fraction of sp³-hybridized carbons (Fsp3) is 0.529. The third-order valence-corrected chi connectivity index (χ3v) is 10.9. The van der Waals surface area contributed by atoms with Gasteiger partial charge in [-0.15, -0.1) is 0 Å². The topological polar surface area (TPSA) is 24.1 Å². The highest BCUT2D eigenvalue weighted by Gasteiger charge is 2.53. The molecule has 6 aliphatic rings. The molecule has 4 unspecified atom stereocenters. The third-order valence-electron chi connectivity index (χ3n) is 10.9. The molecule has 2 nitrogen and oxygen atoms in total. The Morgan fingerprint density at radius 1 is 0.605 bits per heavy atom. The first kappa shape index (κ1) is 24.7. The first-order valence-corrected chi connectivity index (χ1v) is 14.9. The normalized spacial score (nSPS) is 38.9. The summed E-state index contributed by atoms with van der Waals surface area (Å²) in [7, 11) is 0. The van der Waals surface area contributed by atoms with E-state index in [2.05, 4.69) is 34.9 Å². The molecule has 2 aromatic carbocycles. The van der Waals surface area contributed by atoms with Gasteiger partial charge >= 0.3 is 0 Å². The van der Waals surface area contributed by atoms with E-state index in [-0.39, 0.29) is 11.6 Å². The Kier molecular flexibility index (Phi) is 6.73. The molecule has 4 bridgehead atoms. The van der Waals surface area contributed by atoms with E-state index in [1.165, 1.54) is 50.7 Å². The van der Waals surface area contributed by atoms with Gasteiger partial charge in [0, 0.05) is 25.2 Å². The van der Waals surface area contributed by atoms with Crippen LogP contribution in [0.5, 0.6) is 0 Å². The van der Waals surface area contributed by atoms with Crippen molar-refractivity contribution in [1.82, 2.24) is 10.6 Å². The largest absolute Gasteiger partial charge is 0.310 e. The molecule has 4 heteroatoms. The summed E-state index contributed by atoms with van der Waals surface area (Å²) in [6, 6.07) is 15.2. The molecule has 0 aromatic heterocycles. The first-order chi connectivity index (χ1) is 18.6. The second-order valence-electron chi connectivity index (χ2n) is 12.8. The smallest absolute Gasteiger partial charge is 0.123 e. The minimum absolute atomic E-state index is 0.132. The molecular weight excluding hydrogens is 474 g/mol. The summed E-state index contributed by atoms with van der Waals surface area (Å²) >= 11 is 0. The zero-order valence-corrected chi connectivity index (χ0v) is 22.1. The van der Waals surface area contributed by atoms with E-state index in [1.807, 2.05) is 12.1 Å². The van der Waals surface area contributed by atoms with E-state index >= 15 is 0 Å². The molecule has 2 aromatic rings. The lowest BCUT2D eigenvalue weighted by Crippen LogP contribution is -2.39. The molecule has 4 saturated carbocycles. The van der Waals surface area contributed by atoms with Gasteiger partial charge < -0.3 is 10.6 Å². The predicted molar refractivity (Wildman–Crippen MR) is 148 cm³/mol. The Hall–Kier alpha value is -2.30. The number of halogens is 2. The number of benzene rings is 2. The van der Waals surface area contributed by atoms with Crippen molar-refractivity contribution in [2.24, 2.45) is 47.3 Å². The average Bonchev–Trinajstić information content (AvgIpc) is 3.74. The molecule has 38 heavy (non-hydrogen) atoms. The lowest BCUT2D eigenvalue weighted by molar-refractivity contribution is 0.225. The Labute approximate surface area is 226 Å². The lowest BCUT2D eigenvalue weighted by Gasteiger charge is -2.32. The Morgan fingerprint density at radius 2 is 1.18 bits per heavy atom. The Balaban J connectivity index is 0.000000127. The maximum atomic E-state index is 13.2. The van der Waals surface area contributed by atoms with Gasteiger partial charge in [0.25, 0.3) is 0 Å². The highest BCUT2D eigenvalue weighted by Crippen LogP contribution is 2.57. The zero-order chi connectivity index (χ0) is 25.6. The summed E-state index contributed by atoms with van der Waals surface area (Å²) in [6.45, 7) is 1.60. The molecular formula is C34H40F2N2. The molecule has 0 heterocycles. The van der Waals surface area contributed by atoms with Gasteiger partial charge in [-0.1, -0.05) is 48.6 Å². The SMILES string of the molecule is Fc1cccc(CN[C@@H]2CC3CC2[C@@H]2C=CC[C@H]32)c1.Fc1cccc(CN[C@@H]2CC3CC2[C@@H]2CC=C[C@H]32)c1. The third kappa shape index (κ3) is 4.69. The van der Waals surface area contributed by atoms with Crippen LogP contribution in [0.4, 0.5) is 8.78 Å². The molecule has 10 atom stereocenters. The van der Waals surface area contributed by atoms with Crippen LogP contribution in [0.15, 0.2) is 72.8 Å². The molecule has 0 spiro atoms. The lowest BCUT2D eigenvalue weighted by atomic mass is 9.79. The molecule has 0 radical (unpaired) electrons. The van der Waals surface area contributed by atoms with E-state index in [1.54, 1.807) is 24.3 Å². The minimum Gasteiger partial charge on any atom is -0.310 e. The summed E-state index contributed by atoms with van der Waals surface area (Å²) in [5.74, 6) is 6.76. The van der Waals surface area contributed by atoms with Crippen LogP contribution in [0, 0.1) is 59.0 Å². The van der Waals surface area contributed by atoms with Crippen LogP contribution in [0.3, 0.4) is 0 Å². The van der Waals surface area contributed by atoms with Crippen molar-refractivity contribution in [3.05, 3.63) is 95.6 Å². The van der Waals surface area contributed by atoms with Crippen molar-refractivity contribution in [3.63, 3.8) is 0 Å². The second-order valence-corrected chi connectivity index (χ2v) is 12.8. The highest BCUT2D eigenvalue weighted by atomic mass is 19.1. The number of nitrogens with one attached hydrogen (secondary N) is 2. The highest BCUT2D eigenvalue weighted by molar-refractivity contribution is 5.20. The van der Waals surface area contributed by atoms with Crippen molar-refractivity contribution < 1.29 is 8.78 Å². The maximum Gasteiger partial charge on any atom is 0.123 e. The molecule has 0 aliphatic heterocycles. The van der Waals surface area contributed by atoms with Crippen LogP contribution in [0.2, 0.25) is 0 Å². The fourth-order valence-corrected chi connectivity index (χ4v) is 9.36. The van der Waals surface area contributed by atoms with E-state index < -0.39 is 0 Å². The molecule has 4 fully saturated rings. The quantitative estimate of drug-likeness (QED) is 0.404. The van der Waals surface area contributed by atoms with Crippen LogP contribution in [-0.2, 0) is 13.1 Å². The van der Waals surface area contributed by atoms with Crippen molar-refractivity contribution in [2.45, 2.75) is 63.7 Å². The average molecular weight is 515 g/mol. The number of fused-ring (bicyclic) bond motifs is 10. The van der Waals surface area contributed by atoms with Crippen molar-refractivity contribution in [3.8, 4) is 0 Å². The minimum atomic E-state index is -0.133. The maximum absolute atomic E-state index is 13.2. The van der Waals surface area contributed by atoms with E-state index in [0.717, 1.165) is 71.6 Å². The summed E-state index contributed by atoms with van der Waals surface area (Å²) in [6.07, 6.45) is 17.7. The van der Waals surface area contributed by atoms with Gasteiger partial charge in [-0.05, 0) is 121 Å². The van der Waals surface area contributed by atoms with E-state index in [4.69, 9.17) is 0 Å². The van der Waals surface area contributed by atoms with Crippen LogP contribution in [0.1, 0.15) is 49.7 Å². The number of allylic oxidation sites excluding steroid dienone is 4. The number of rotatable bonds is 6. The zero-order valence-electron chi connectivity index (χ0n) is 22.1. The second kappa shape index (κ2) is 10.4.